The van der Waals surface area contributed by atoms with Crippen molar-refractivity contribution < 1.29 is 9.13 Å². The second kappa shape index (κ2) is 5.14. The van der Waals surface area contributed by atoms with Crippen LogP contribution in [0.5, 0.6) is 5.75 Å². The molecule has 0 saturated carbocycles. The zero-order chi connectivity index (χ0) is 13.1. The largest absolute Gasteiger partial charge is 0.493 e. The van der Waals surface area contributed by atoms with E-state index in [1.807, 2.05) is 6.92 Å². The lowest BCUT2D eigenvalue weighted by Crippen LogP contribution is -2.19. The molecular formula is C12H15FN4O. The Labute approximate surface area is 104 Å². The van der Waals surface area contributed by atoms with E-state index in [4.69, 9.17) is 10.5 Å². The smallest absolute Gasteiger partial charge is 0.161 e. The maximum atomic E-state index is 12.8. The van der Waals surface area contributed by atoms with E-state index in [1.54, 1.807) is 24.1 Å². The number of aryl methyl sites for hydroxylation is 1. The van der Waals surface area contributed by atoms with Crippen molar-refractivity contribution in [2.45, 2.75) is 19.5 Å². The zero-order valence-electron chi connectivity index (χ0n) is 10.3. The summed E-state index contributed by atoms with van der Waals surface area (Å²) < 4.78 is 19.8. The van der Waals surface area contributed by atoms with E-state index in [9.17, 15) is 4.39 Å². The maximum absolute atomic E-state index is 12.8. The van der Waals surface area contributed by atoms with Gasteiger partial charge in [0.1, 0.15) is 11.5 Å². The molecule has 0 aliphatic heterocycles. The molecule has 2 aromatic heterocycles. The van der Waals surface area contributed by atoms with Gasteiger partial charge in [-0.25, -0.2) is 4.39 Å². The molecule has 0 aliphatic carbocycles. The highest BCUT2D eigenvalue weighted by Crippen LogP contribution is 2.27. The molecule has 0 aliphatic rings. The summed E-state index contributed by atoms with van der Waals surface area (Å²) in [6.45, 7) is 2.63. The molecule has 2 N–H and O–H groups in total. The summed E-state index contributed by atoms with van der Waals surface area (Å²) in [5.74, 6) is 0.220. The summed E-state index contributed by atoms with van der Waals surface area (Å²) in [5, 5.41) is 4.18. The molecule has 0 fully saturated rings. The van der Waals surface area contributed by atoms with Gasteiger partial charge in [0, 0.05) is 6.54 Å². The van der Waals surface area contributed by atoms with Gasteiger partial charge >= 0.3 is 0 Å². The molecule has 96 valence electrons. The number of nitrogens with two attached hydrogens (primary N) is 1. The van der Waals surface area contributed by atoms with E-state index < -0.39 is 6.04 Å². The van der Waals surface area contributed by atoms with Crippen molar-refractivity contribution in [2.75, 3.05) is 7.11 Å². The van der Waals surface area contributed by atoms with Gasteiger partial charge in [0.05, 0.1) is 31.2 Å². The van der Waals surface area contributed by atoms with Crippen LogP contribution in [0.2, 0.25) is 0 Å². The number of halogens is 1. The van der Waals surface area contributed by atoms with Crippen molar-refractivity contribution >= 4 is 0 Å². The van der Waals surface area contributed by atoms with Crippen molar-refractivity contribution in [3.63, 3.8) is 0 Å². The van der Waals surface area contributed by atoms with Crippen LogP contribution in [-0.2, 0) is 6.54 Å². The highest BCUT2D eigenvalue weighted by Gasteiger charge is 2.20. The molecule has 1 unspecified atom stereocenters. The summed E-state index contributed by atoms with van der Waals surface area (Å²) in [5.41, 5.74) is 7.45. The van der Waals surface area contributed by atoms with Crippen molar-refractivity contribution in [1.29, 1.82) is 0 Å². The Morgan fingerprint density at radius 1 is 1.44 bits per heavy atom. The third-order valence-electron chi connectivity index (χ3n) is 2.73. The van der Waals surface area contributed by atoms with Gasteiger partial charge in [-0.2, -0.15) is 5.10 Å². The number of methoxy groups -OCH3 is 1. The lowest BCUT2D eigenvalue weighted by Gasteiger charge is -2.14. The fourth-order valence-corrected chi connectivity index (χ4v) is 1.81. The van der Waals surface area contributed by atoms with Crippen LogP contribution < -0.4 is 10.5 Å². The van der Waals surface area contributed by atoms with Crippen molar-refractivity contribution in [1.82, 2.24) is 14.8 Å². The van der Waals surface area contributed by atoms with E-state index >= 15 is 0 Å². The first kappa shape index (κ1) is 12.5. The van der Waals surface area contributed by atoms with Crippen LogP contribution in [-0.4, -0.2) is 21.9 Å². The Balaban J connectivity index is 2.41. The molecule has 0 aromatic carbocycles. The minimum absolute atomic E-state index is 0.387. The Bertz CT molecular complexity index is 502. The molecule has 0 amide bonds. The number of ether oxygens (including phenoxy) is 1. The predicted octanol–water partition coefficient (Wildman–Crippen LogP) is 1.49. The van der Waals surface area contributed by atoms with Crippen molar-refractivity contribution in [2.24, 2.45) is 5.73 Å². The molecule has 2 aromatic rings. The Hall–Kier alpha value is -1.95. The fourth-order valence-electron chi connectivity index (χ4n) is 1.81. The average molecular weight is 250 g/mol. The quantitative estimate of drug-likeness (QED) is 0.892. The SMILES string of the molecule is CCn1ncc(OC)c1C(N)c1ccc(F)cn1. The Kier molecular flexibility index (Phi) is 3.57. The fraction of sp³-hybridized carbons (Fsp3) is 0.333. The van der Waals surface area contributed by atoms with Crippen LogP contribution in [0, 0.1) is 5.82 Å². The molecule has 2 rings (SSSR count). The summed E-state index contributed by atoms with van der Waals surface area (Å²) in [4.78, 5) is 3.99. The van der Waals surface area contributed by atoms with Crippen LogP contribution in [0.25, 0.3) is 0 Å². The van der Waals surface area contributed by atoms with Crippen LogP contribution in [0.3, 0.4) is 0 Å². The van der Waals surface area contributed by atoms with Gasteiger partial charge < -0.3 is 10.5 Å². The van der Waals surface area contributed by atoms with Crippen LogP contribution in [0.15, 0.2) is 24.5 Å². The third kappa shape index (κ3) is 2.19. The third-order valence-corrected chi connectivity index (χ3v) is 2.73. The van der Waals surface area contributed by atoms with E-state index in [-0.39, 0.29) is 5.82 Å². The standard InChI is InChI=1S/C12H15FN4O/c1-3-17-12(10(18-2)7-16-17)11(14)9-5-4-8(13)6-15-9/h4-7,11H,3,14H2,1-2H3. The lowest BCUT2D eigenvalue weighted by atomic mass is 10.1. The van der Waals surface area contributed by atoms with Crippen LogP contribution in [0.4, 0.5) is 4.39 Å². The van der Waals surface area contributed by atoms with Gasteiger partial charge in [0.2, 0.25) is 0 Å². The Morgan fingerprint density at radius 2 is 2.22 bits per heavy atom. The van der Waals surface area contributed by atoms with Gasteiger partial charge in [-0.05, 0) is 19.1 Å². The van der Waals surface area contributed by atoms with Gasteiger partial charge in [-0.15, -0.1) is 0 Å². The van der Waals surface area contributed by atoms with Crippen molar-refractivity contribution in [3.8, 4) is 5.75 Å². The topological polar surface area (TPSA) is 66.0 Å². The monoisotopic (exact) mass is 250 g/mol. The first-order chi connectivity index (χ1) is 8.67. The second-order valence-corrected chi connectivity index (χ2v) is 3.79. The van der Waals surface area contributed by atoms with Gasteiger partial charge in [-0.1, -0.05) is 0 Å². The highest BCUT2D eigenvalue weighted by molar-refractivity contribution is 5.33. The first-order valence-corrected chi connectivity index (χ1v) is 5.64. The summed E-state index contributed by atoms with van der Waals surface area (Å²) in [6, 6.07) is 2.40. The van der Waals surface area contributed by atoms with E-state index in [1.165, 1.54) is 6.07 Å². The second-order valence-electron chi connectivity index (χ2n) is 3.79. The maximum Gasteiger partial charge on any atom is 0.161 e. The van der Waals surface area contributed by atoms with Crippen LogP contribution in [0.1, 0.15) is 24.4 Å². The summed E-state index contributed by atoms with van der Waals surface area (Å²) >= 11 is 0. The number of hydrogen-bond donors (Lipinski definition) is 1. The van der Waals surface area contributed by atoms with Gasteiger partial charge in [0.25, 0.3) is 0 Å². The molecule has 2 heterocycles. The van der Waals surface area contributed by atoms with Gasteiger partial charge in [0.15, 0.2) is 5.75 Å². The molecule has 6 heteroatoms. The van der Waals surface area contributed by atoms with Crippen LogP contribution >= 0.6 is 0 Å². The number of nitrogens with zero attached hydrogens (tertiary/aromatic N) is 3. The highest BCUT2D eigenvalue weighted by atomic mass is 19.1. The van der Waals surface area contributed by atoms with E-state index in [2.05, 4.69) is 10.1 Å². The van der Waals surface area contributed by atoms with E-state index in [0.717, 1.165) is 11.9 Å². The number of aromatic nitrogens is 3. The zero-order valence-corrected chi connectivity index (χ0v) is 10.3. The molecule has 0 spiro atoms. The minimum Gasteiger partial charge on any atom is -0.493 e. The van der Waals surface area contributed by atoms with Crippen molar-refractivity contribution in [3.05, 3.63) is 41.7 Å². The average Bonchev–Trinajstić information content (AvgIpc) is 2.81. The molecule has 0 radical (unpaired) electrons. The number of hydrogen-bond acceptors (Lipinski definition) is 4. The predicted molar refractivity (Wildman–Crippen MR) is 64.7 cm³/mol. The Morgan fingerprint density at radius 3 is 2.78 bits per heavy atom. The number of pyridine rings is 1. The van der Waals surface area contributed by atoms with Gasteiger partial charge in [-0.3, -0.25) is 9.67 Å². The minimum atomic E-state index is -0.497. The molecule has 0 bridgehead atoms. The summed E-state index contributed by atoms with van der Waals surface area (Å²) in [6.07, 6.45) is 2.76. The number of rotatable bonds is 4. The molecule has 1 atom stereocenters. The molecule has 18 heavy (non-hydrogen) atoms. The molecular weight excluding hydrogens is 235 g/mol. The molecule has 0 saturated heterocycles. The van der Waals surface area contributed by atoms with E-state index in [0.29, 0.717) is 18.0 Å². The normalized spacial score (nSPS) is 12.4. The first-order valence-electron chi connectivity index (χ1n) is 5.64. The lowest BCUT2D eigenvalue weighted by molar-refractivity contribution is 0.404. The molecule has 5 nitrogen and oxygen atoms in total. The summed E-state index contributed by atoms with van der Waals surface area (Å²) in [7, 11) is 1.56.